The van der Waals surface area contributed by atoms with Crippen LogP contribution < -0.4 is 5.32 Å². The summed E-state index contributed by atoms with van der Waals surface area (Å²) in [5, 5.41) is 3.28. The Morgan fingerprint density at radius 3 is 3.38 bits per heavy atom. The highest BCUT2D eigenvalue weighted by molar-refractivity contribution is 7.99. The van der Waals surface area contributed by atoms with Crippen LogP contribution in [0.2, 0.25) is 0 Å². The smallest absolute Gasteiger partial charge is 0.0973 e. The van der Waals surface area contributed by atoms with E-state index in [1.807, 2.05) is 11.8 Å². The van der Waals surface area contributed by atoms with Crippen molar-refractivity contribution in [3.05, 3.63) is 0 Å². The average molecular weight is 131 g/mol. The molecule has 2 atom stereocenters. The first-order valence-corrected chi connectivity index (χ1v) is 4.05. The van der Waals surface area contributed by atoms with Gasteiger partial charge in [-0.25, -0.2) is 0 Å². The molecule has 1 N–H and O–H groups in total. The van der Waals surface area contributed by atoms with E-state index in [4.69, 9.17) is 4.74 Å². The Bertz CT molecular complexity index is 78.4. The molecule has 0 saturated carbocycles. The zero-order valence-electron chi connectivity index (χ0n) is 4.59. The largest absolute Gasteiger partial charge is 0.361 e. The zero-order chi connectivity index (χ0) is 5.40. The van der Waals surface area contributed by atoms with Crippen LogP contribution in [0.1, 0.15) is 0 Å². The Balaban J connectivity index is 2.04. The maximum absolute atomic E-state index is 5.34. The molecule has 2 heterocycles. The van der Waals surface area contributed by atoms with Crippen LogP contribution in [0.4, 0.5) is 0 Å². The average Bonchev–Trinajstić information content (AvgIpc) is 2.15. The van der Waals surface area contributed by atoms with E-state index in [1.165, 1.54) is 11.5 Å². The van der Waals surface area contributed by atoms with Crippen molar-refractivity contribution in [3.8, 4) is 0 Å². The van der Waals surface area contributed by atoms with Gasteiger partial charge < -0.3 is 4.74 Å². The van der Waals surface area contributed by atoms with Gasteiger partial charge in [0.15, 0.2) is 0 Å². The number of rotatable bonds is 0. The first kappa shape index (κ1) is 5.09. The number of thioether (sulfide) groups is 1. The van der Waals surface area contributed by atoms with Crippen LogP contribution in [0.5, 0.6) is 0 Å². The molecule has 0 aliphatic carbocycles. The molecule has 2 saturated heterocycles. The van der Waals surface area contributed by atoms with Crippen LogP contribution >= 0.6 is 11.8 Å². The minimum Gasteiger partial charge on any atom is -0.361 e. The van der Waals surface area contributed by atoms with Crippen molar-refractivity contribution in [1.29, 1.82) is 0 Å². The van der Waals surface area contributed by atoms with E-state index < -0.39 is 0 Å². The van der Waals surface area contributed by atoms with E-state index in [9.17, 15) is 0 Å². The molecule has 2 aliphatic rings. The van der Waals surface area contributed by atoms with E-state index in [0.717, 1.165) is 6.73 Å². The first-order chi connectivity index (χ1) is 3.97. The molecule has 0 aromatic carbocycles. The predicted molar refractivity (Wildman–Crippen MR) is 34.0 cm³/mol. The summed E-state index contributed by atoms with van der Waals surface area (Å²) in [7, 11) is 0. The summed E-state index contributed by atoms with van der Waals surface area (Å²) in [5.74, 6) is 2.43. The monoisotopic (exact) mass is 131 g/mol. The highest BCUT2D eigenvalue weighted by atomic mass is 32.2. The van der Waals surface area contributed by atoms with Gasteiger partial charge in [0.1, 0.15) is 0 Å². The van der Waals surface area contributed by atoms with Gasteiger partial charge in [-0.3, -0.25) is 5.32 Å². The summed E-state index contributed by atoms with van der Waals surface area (Å²) < 4.78 is 5.34. The summed E-state index contributed by atoms with van der Waals surface area (Å²) in [4.78, 5) is 0. The Morgan fingerprint density at radius 1 is 1.50 bits per heavy atom. The molecule has 0 aromatic rings. The molecule has 46 valence electrons. The third kappa shape index (κ3) is 0.658. The highest BCUT2D eigenvalue weighted by Crippen LogP contribution is 2.23. The lowest BCUT2D eigenvalue weighted by Gasteiger charge is -2.02. The van der Waals surface area contributed by atoms with Crippen molar-refractivity contribution in [2.24, 2.45) is 0 Å². The van der Waals surface area contributed by atoms with Gasteiger partial charge in [-0.05, 0) is 0 Å². The standard InChI is InChI=1S/C5H9NOS/c1-4-5(2-8-1)7-3-6-4/h4-6H,1-3H2/t4-,5+/m1/s1. The lowest BCUT2D eigenvalue weighted by atomic mass is 10.2. The molecule has 0 amide bonds. The van der Waals surface area contributed by atoms with Crippen LogP contribution in [0.3, 0.4) is 0 Å². The minimum absolute atomic E-state index is 0.528. The summed E-state index contributed by atoms with van der Waals surface area (Å²) >= 11 is 1.98. The second kappa shape index (κ2) is 1.90. The molecule has 3 heteroatoms. The molecule has 0 aromatic heterocycles. The Kier molecular flexibility index (Phi) is 1.21. The van der Waals surface area contributed by atoms with Crippen LogP contribution in [0.25, 0.3) is 0 Å². The second-order valence-corrected chi connectivity index (χ2v) is 3.27. The maximum Gasteiger partial charge on any atom is 0.0973 e. The van der Waals surface area contributed by atoms with Crippen molar-refractivity contribution >= 4 is 11.8 Å². The third-order valence-electron chi connectivity index (χ3n) is 1.67. The fourth-order valence-electron chi connectivity index (χ4n) is 1.15. The Hall–Kier alpha value is 0.270. The second-order valence-electron chi connectivity index (χ2n) is 2.20. The minimum atomic E-state index is 0.528. The molecule has 2 rings (SSSR count). The molecule has 2 aliphatic heterocycles. The van der Waals surface area contributed by atoms with Crippen molar-refractivity contribution < 1.29 is 4.74 Å². The summed E-state index contributed by atoms with van der Waals surface area (Å²) in [6.07, 6.45) is 0.528. The molecule has 0 radical (unpaired) electrons. The lowest BCUT2D eigenvalue weighted by molar-refractivity contribution is 0.125. The van der Waals surface area contributed by atoms with Crippen molar-refractivity contribution in [2.75, 3.05) is 18.2 Å². The molecule has 0 bridgehead atoms. The van der Waals surface area contributed by atoms with Gasteiger partial charge in [-0.1, -0.05) is 0 Å². The fourth-order valence-corrected chi connectivity index (χ4v) is 2.43. The normalized spacial score (nSPS) is 45.0. The van der Waals surface area contributed by atoms with Crippen molar-refractivity contribution in [2.45, 2.75) is 12.1 Å². The van der Waals surface area contributed by atoms with Gasteiger partial charge in [0, 0.05) is 17.5 Å². The van der Waals surface area contributed by atoms with Crippen LogP contribution in [-0.2, 0) is 4.74 Å². The van der Waals surface area contributed by atoms with E-state index >= 15 is 0 Å². The third-order valence-corrected chi connectivity index (χ3v) is 2.83. The summed E-state index contributed by atoms with van der Waals surface area (Å²) in [6, 6.07) is 0.667. The fraction of sp³-hybridized carbons (Fsp3) is 1.00. The molecule has 0 spiro atoms. The number of hydrogen-bond acceptors (Lipinski definition) is 3. The SMILES string of the molecule is C1N[C@@H]2CSC[C@@H]2O1. The number of hydrogen-bond donors (Lipinski definition) is 1. The van der Waals surface area contributed by atoms with E-state index in [1.54, 1.807) is 0 Å². The zero-order valence-corrected chi connectivity index (χ0v) is 5.41. The highest BCUT2D eigenvalue weighted by Gasteiger charge is 2.32. The van der Waals surface area contributed by atoms with Crippen LogP contribution in [0.15, 0.2) is 0 Å². The van der Waals surface area contributed by atoms with Gasteiger partial charge in [0.05, 0.1) is 12.8 Å². The van der Waals surface area contributed by atoms with E-state index in [0.29, 0.717) is 12.1 Å². The molecular weight excluding hydrogens is 122 g/mol. The molecule has 8 heavy (non-hydrogen) atoms. The number of fused-ring (bicyclic) bond motifs is 1. The summed E-state index contributed by atoms with van der Waals surface area (Å²) in [6.45, 7) is 0.774. The molecule has 2 fully saturated rings. The predicted octanol–water partition coefficient (Wildman–Crippen LogP) is 0.0477. The van der Waals surface area contributed by atoms with Gasteiger partial charge in [0.2, 0.25) is 0 Å². The quantitative estimate of drug-likeness (QED) is 0.502. The number of ether oxygens (including phenoxy) is 1. The van der Waals surface area contributed by atoms with Gasteiger partial charge in [-0.15, -0.1) is 0 Å². The van der Waals surface area contributed by atoms with Crippen LogP contribution in [-0.4, -0.2) is 30.4 Å². The molecule has 2 nitrogen and oxygen atoms in total. The van der Waals surface area contributed by atoms with E-state index in [2.05, 4.69) is 5.32 Å². The van der Waals surface area contributed by atoms with Gasteiger partial charge in [0.25, 0.3) is 0 Å². The molecular formula is C5H9NOS. The van der Waals surface area contributed by atoms with Crippen molar-refractivity contribution in [1.82, 2.24) is 5.32 Å². The van der Waals surface area contributed by atoms with Gasteiger partial charge >= 0.3 is 0 Å². The first-order valence-electron chi connectivity index (χ1n) is 2.89. The lowest BCUT2D eigenvalue weighted by Crippen LogP contribution is -2.28. The Labute approximate surface area is 53.0 Å². The molecule has 0 unspecified atom stereocenters. The Morgan fingerprint density at radius 2 is 2.50 bits per heavy atom. The maximum atomic E-state index is 5.34. The summed E-state index contributed by atoms with van der Waals surface area (Å²) in [5.41, 5.74) is 0. The topological polar surface area (TPSA) is 21.3 Å². The van der Waals surface area contributed by atoms with Crippen LogP contribution in [0, 0.1) is 0 Å². The number of nitrogens with one attached hydrogen (secondary N) is 1. The van der Waals surface area contributed by atoms with E-state index in [-0.39, 0.29) is 0 Å². The van der Waals surface area contributed by atoms with Gasteiger partial charge in [-0.2, -0.15) is 11.8 Å². The van der Waals surface area contributed by atoms with Crippen molar-refractivity contribution in [3.63, 3.8) is 0 Å².